The van der Waals surface area contributed by atoms with Crippen molar-refractivity contribution < 1.29 is 22.4 Å². The third-order valence-corrected chi connectivity index (χ3v) is 7.92. The number of nitrogens with zero attached hydrogens (tertiary/aromatic N) is 3. The van der Waals surface area contributed by atoms with Crippen LogP contribution in [-0.2, 0) is 16.6 Å². The van der Waals surface area contributed by atoms with Crippen LogP contribution in [0.1, 0.15) is 40.4 Å². The molecule has 0 saturated carbocycles. The zero-order valence-corrected chi connectivity index (χ0v) is 19.5. The standard InChI is InChI=1S/C21H24N4O5S2/c1-14-18(32(27,28)22-13-15-7-6-8-16(11-15)29-2)12-17(31-14)19-23-24-20(30-19)21(26)25-9-4-3-5-10-25/h6-8,11-12,22H,3-5,9-10,13H2,1-2H3. The van der Waals surface area contributed by atoms with Gasteiger partial charge in [-0.05, 0) is 49.9 Å². The van der Waals surface area contributed by atoms with E-state index in [1.807, 2.05) is 6.07 Å². The third-order valence-electron chi connectivity index (χ3n) is 5.22. The first-order valence-corrected chi connectivity index (χ1v) is 12.5. The Balaban J connectivity index is 1.49. The van der Waals surface area contributed by atoms with E-state index in [-0.39, 0.29) is 29.1 Å². The van der Waals surface area contributed by atoms with E-state index in [1.54, 1.807) is 37.1 Å². The fourth-order valence-corrected chi connectivity index (χ4v) is 6.05. The van der Waals surface area contributed by atoms with Crippen molar-refractivity contribution in [3.8, 4) is 16.5 Å². The maximum Gasteiger partial charge on any atom is 0.311 e. The number of sulfonamides is 1. The quantitative estimate of drug-likeness (QED) is 0.557. The van der Waals surface area contributed by atoms with Gasteiger partial charge >= 0.3 is 11.8 Å². The topological polar surface area (TPSA) is 115 Å². The fourth-order valence-electron chi connectivity index (χ4n) is 3.52. The number of aromatic nitrogens is 2. The molecule has 1 amide bonds. The van der Waals surface area contributed by atoms with Crippen LogP contribution in [0.5, 0.6) is 5.75 Å². The number of aryl methyl sites for hydroxylation is 1. The molecule has 0 unspecified atom stereocenters. The van der Waals surface area contributed by atoms with Crippen LogP contribution in [0, 0.1) is 6.92 Å². The molecule has 1 aliphatic heterocycles. The molecule has 3 aromatic rings. The van der Waals surface area contributed by atoms with Crippen molar-refractivity contribution in [2.75, 3.05) is 20.2 Å². The van der Waals surface area contributed by atoms with Crippen LogP contribution in [0.15, 0.2) is 39.6 Å². The maximum absolute atomic E-state index is 12.9. The maximum atomic E-state index is 12.9. The summed E-state index contributed by atoms with van der Waals surface area (Å²) in [6.45, 7) is 3.19. The molecule has 9 nitrogen and oxygen atoms in total. The molecule has 0 spiro atoms. The highest BCUT2D eigenvalue weighted by Crippen LogP contribution is 2.33. The molecule has 1 fully saturated rings. The number of piperidine rings is 1. The molecule has 3 heterocycles. The van der Waals surface area contributed by atoms with Crippen LogP contribution in [0.2, 0.25) is 0 Å². The summed E-state index contributed by atoms with van der Waals surface area (Å²) in [4.78, 5) is 15.5. The molecule has 0 aliphatic carbocycles. The number of likely N-dealkylation sites (tertiary alicyclic amines) is 1. The molecule has 11 heteroatoms. The SMILES string of the molecule is COc1cccc(CNS(=O)(=O)c2cc(-c3nnc(C(=O)N4CCCCC4)o3)sc2C)c1. The van der Waals surface area contributed by atoms with Gasteiger partial charge in [0.05, 0.1) is 16.9 Å². The minimum atomic E-state index is -3.77. The first kappa shape index (κ1) is 22.4. The minimum absolute atomic E-state index is 0.0755. The van der Waals surface area contributed by atoms with Gasteiger partial charge < -0.3 is 14.1 Å². The number of methoxy groups -OCH3 is 1. The second kappa shape index (κ2) is 9.39. The molecule has 1 aromatic carbocycles. The fraction of sp³-hybridized carbons (Fsp3) is 0.381. The normalized spacial score (nSPS) is 14.5. The molecular weight excluding hydrogens is 452 g/mol. The van der Waals surface area contributed by atoms with Crippen molar-refractivity contribution in [2.24, 2.45) is 0 Å². The van der Waals surface area contributed by atoms with Crippen LogP contribution in [0.25, 0.3) is 10.8 Å². The summed E-state index contributed by atoms with van der Waals surface area (Å²) in [6.07, 6.45) is 3.03. The number of hydrogen-bond acceptors (Lipinski definition) is 8. The zero-order valence-electron chi connectivity index (χ0n) is 17.8. The number of thiophene rings is 1. The lowest BCUT2D eigenvalue weighted by Crippen LogP contribution is -2.35. The van der Waals surface area contributed by atoms with Gasteiger partial charge in [0.15, 0.2) is 0 Å². The smallest absolute Gasteiger partial charge is 0.311 e. The summed E-state index contributed by atoms with van der Waals surface area (Å²) in [5.41, 5.74) is 0.777. The number of ether oxygens (including phenoxy) is 1. The first-order valence-electron chi connectivity index (χ1n) is 10.2. The predicted octanol–water partition coefficient (Wildman–Crippen LogP) is 3.22. The summed E-state index contributed by atoms with van der Waals surface area (Å²) in [6, 6.07) is 8.68. The monoisotopic (exact) mass is 476 g/mol. The van der Waals surface area contributed by atoms with Gasteiger partial charge in [0.2, 0.25) is 10.0 Å². The average Bonchev–Trinajstić information content (AvgIpc) is 3.45. The highest BCUT2D eigenvalue weighted by atomic mass is 32.2. The number of benzene rings is 1. The second-order valence-electron chi connectivity index (χ2n) is 7.47. The Morgan fingerprint density at radius 2 is 2.00 bits per heavy atom. The van der Waals surface area contributed by atoms with Crippen molar-refractivity contribution in [3.63, 3.8) is 0 Å². The van der Waals surface area contributed by atoms with E-state index in [9.17, 15) is 13.2 Å². The molecule has 1 N–H and O–H groups in total. The van der Waals surface area contributed by atoms with Crippen molar-refractivity contribution in [1.82, 2.24) is 19.8 Å². The average molecular weight is 477 g/mol. The number of hydrogen-bond donors (Lipinski definition) is 1. The molecule has 1 saturated heterocycles. The van der Waals surface area contributed by atoms with E-state index in [2.05, 4.69) is 14.9 Å². The second-order valence-corrected chi connectivity index (χ2v) is 10.5. The Bertz CT molecular complexity index is 1210. The number of rotatable bonds is 7. The van der Waals surface area contributed by atoms with E-state index >= 15 is 0 Å². The van der Waals surface area contributed by atoms with Crippen LogP contribution < -0.4 is 9.46 Å². The lowest BCUT2D eigenvalue weighted by atomic mass is 10.1. The Kier molecular flexibility index (Phi) is 6.58. The largest absolute Gasteiger partial charge is 0.497 e. The number of amides is 1. The van der Waals surface area contributed by atoms with E-state index in [0.29, 0.717) is 28.6 Å². The van der Waals surface area contributed by atoms with E-state index < -0.39 is 10.0 Å². The van der Waals surface area contributed by atoms with Crippen LogP contribution in [-0.4, -0.2) is 49.6 Å². The highest BCUT2D eigenvalue weighted by molar-refractivity contribution is 7.89. The Hall–Kier alpha value is -2.76. The predicted molar refractivity (Wildman–Crippen MR) is 119 cm³/mol. The van der Waals surface area contributed by atoms with Gasteiger partial charge in [-0.1, -0.05) is 12.1 Å². The Morgan fingerprint density at radius 3 is 2.75 bits per heavy atom. The molecule has 1 aliphatic rings. The van der Waals surface area contributed by atoms with E-state index in [4.69, 9.17) is 9.15 Å². The van der Waals surface area contributed by atoms with Crippen LogP contribution in [0.4, 0.5) is 0 Å². The molecule has 0 bridgehead atoms. The number of carbonyl (C=O) groups is 1. The highest BCUT2D eigenvalue weighted by Gasteiger charge is 2.26. The van der Waals surface area contributed by atoms with Gasteiger partial charge in [-0.2, -0.15) is 0 Å². The van der Waals surface area contributed by atoms with Gasteiger partial charge in [0, 0.05) is 24.5 Å². The molecule has 0 atom stereocenters. The van der Waals surface area contributed by atoms with Crippen LogP contribution >= 0.6 is 11.3 Å². The van der Waals surface area contributed by atoms with Gasteiger partial charge in [0.25, 0.3) is 5.89 Å². The molecule has 32 heavy (non-hydrogen) atoms. The van der Waals surface area contributed by atoms with Crippen molar-refractivity contribution in [3.05, 3.63) is 46.7 Å². The number of nitrogens with one attached hydrogen (secondary N) is 1. The zero-order chi connectivity index (χ0) is 22.7. The first-order chi connectivity index (χ1) is 15.4. The lowest BCUT2D eigenvalue weighted by Gasteiger charge is -2.24. The molecule has 2 aromatic heterocycles. The van der Waals surface area contributed by atoms with Crippen molar-refractivity contribution in [1.29, 1.82) is 0 Å². The molecule has 0 radical (unpaired) electrons. The molecule has 4 rings (SSSR count). The Morgan fingerprint density at radius 1 is 1.22 bits per heavy atom. The summed E-state index contributed by atoms with van der Waals surface area (Å²) >= 11 is 1.22. The van der Waals surface area contributed by atoms with Gasteiger partial charge in [0.1, 0.15) is 5.75 Å². The van der Waals surface area contributed by atoms with Crippen molar-refractivity contribution >= 4 is 27.3 Å². The summed E-state index contributed by atoms with van der Waals surface area (Å²) in [7, 11) is -2.21. The van der Waals surface area contributed by atoms with Gasteiger partial charge in [-0.15, -0.1) is 21.5 Å². The van der Waals surface area contributed by atoms with E-state index in [0.717, 1.165) is 24.8 Å². The summed E-state index contributed by atoms with van der Waals surface area (Å²) in [5.74, 6) is 0.424. The molecule has 170 valence electrons. The lowest BCUT2D eigenvalue weighted by molar-refractivity contribution is 0.0684. The molecular formula is C21H24N4O5S2. The number of carbonyl (C=O) groups excluding carboxylic acids is 1. The van der Waals surface area contributed by atoms with E-state index in [1.165, 1.54) is 17.4 Å². The van der Waals surface area contributed by atoms with Gasteiger partial charge in [-0.25, -0.2) is 13.1 Å². The van der Waals surface area contributed by atoms with Gasteiger partial charge in [-0.3, -0.25) is 4.79 Å². The minimum Gasteiger partial charge on any atom is -0.497 e. The summed E-state index contributed by atoms with van der Waals surface area (Å²) < 4.78 is 39.1. The summed E-state index contributed by atoms with van der Waals surface area (Å²) in [5, 5.41) is 7.85. The van der Waals surface area contributed by atoms with Crippen molar-refractivity contribution in [2.45, 2.75) is 37.6 Å². The third kappa shape index (κ3) is 4.84. The Labute approximate surface area is 190 Å². The van der Waals surface area contributed by atoms with Crippen LogP contribution in [0.3, 0.4) is 0 Å².